The van der Waals surface area contributed by atoms with Crippen LogP contribution in [0.1, 0.15) is 44.0 Å². The number of hydrogen-bond acceptors (Lipinski definition) is 4. The highest BCUT2D eigenvalue weighted by Gasteiger charge is 2.17. The first kappa shape index (κ1) is 15.3. The number of benzene rings is 1. The van der Waals surface area contributed by atoms with E-state index < -0.39 is 0 Å². The highest BCUT2D eigenvalue weighted by Crippen LogP contribution is 2.27. The summed E-state index contributed by atoms with van der Waals surface area (Å²) < 4.78 is 10.8. The van der Waals surface area contributed by atoms with Gasteiger partial charge in [0.2, 0.25) is 0 Å². The van der Waals surface area contributed by atoms with Crippen molar-refractivity contribution >= 4 is 11.7 Å². The van der Waals surface area contributed by atoms with Crippen LogP contribution in [0.4, 0.5) is 5.69 Å². The van der Waals surface area contributed by atoms with E-state index in [0.29, 0.717) is 36.1 Å². The third-order valence-corrected chi connectivity index (χ3v) is 3.16. The number of rotatable bonds is 7. The molecule has 19 heavy (non-hydrogen) atoms. The molecule has 0 aliphatic rings. The first-order chi connectivity index (χ1) is 9.13. The molecule has 4 heteroatoms. The molecule has 0 saturated heterocycles. The molecule has 0 unspecified atom stereocenters. The Morgan fingerprint density at radius 2 is 1.95 bits per heavy atom. The zero-order valence-corrected chi connectivity index (χ0v) is 11.9. The van der Waals surface area contributed by atoms with E-state index >= 15 is 0 Å². The Morgan fingerprint density at radius 3 is 2.53 bits per heavy atom. The summed E-state index contributed by atoms with van der Waals surface area (Å²) in [5.41, 5.74) is 6.67. The van der Waals surface area contributed by atoms with Crippen LogP contribution in [0.5, 0.6) is 5.75 Å². The molecule has 0 atom stereocenters. The molecule has 0 aromatic heterocycles. The third kappa shape index (κ3) is 4.16. The van der Waals surface area contributed by atoms with Crippen LogP contribution in [0.2, 0.25) is 0 Å². The number of nitrogens with two attached hydrogens (primary N) is 1. The summed E-state index contributed by atoms with van der Waals surface area (Å²) in [6.07, 6.45) is 2.00. The smallest absolute Gasteiger partial charge is 0.342 e. The normalized spacial score (nSPS) is 10.5. The fourth-order valence-corrected chi connectivity index (χ4v) is 1.82. The molecule has 0 aliphatic carbocycles. The predicted molar refractivity (Wildman–Crippen MR) is 76.4 cm³/mol. The Bertz CT molecular complexity index is 414. The van der Waals surface area contributed by atoms with Crippen molar-refractivity contribution in [3.63, 3.8) is 0 Å². The van der Waals surface area contributed by atoms with Gasteiger partial charge in [0, 0.05) is 0 Å². The number of nitrogen functional groups attached to an aromatic ring is 1. The van der Waals surface area contributed by atoms with Gasteiger partial charge in [-0.05, 0) is 25.0 Å². The largest absolute Gasteiger partial charge is 0.491 e. The number of anilines is 1. The molecule has 0 heterocycles. The highest BCUT2D eigenvalue weighted by atomic mass is 16.5. The predicted octanol–water partition coefficient (Wildman–Crippen LogP) is 3.26. The van der Waals surface area contributed by atoms with Gasteiger partial charge in [0.05, 0.1) is 18.9 Å². The lowest BCUT2D eigenvalue weighted by atomic mass is 10.1. The molecule has 106 valence electrons. The summed E-state index contributed by atoms with van der Waals surface area (Å²) in [5, 5.41) is 0. The first-order valence-electron chi connectivity index (χ1n) is 6.82. The van der Waals surface area contributed by atoms with Gasteiger partial charge < -0.3 is 15.2 Å². The van der Waals surface area contributed by atoms with Crippen LogP contribution in [0, 0.1) is 5.92 Å². The van der Waals surface area contributed by atoms with Gasteiger partial charge in [0.1, 0.15) is 5.56 Å². The van der Waals surface area contributed by atoms with Gasteiger partial charge in [-0.1, -0.05) is 32.8 Å². The van der Waals surface area contributed by atoms with Crippen LogP contribution < -0.4 is 10.5 Å². The number of hydrogen-bond donors (Lipinski definition) is 1. The minimum absolute atomic E-state index is 0.373. The van der Waals surface area contributed by atoms with Gasteiger partial charge in [0.15, 0.2) is 5.75 Å². The molecule has 0 saturated carbocycles. The summed E-state index contributed by atoms with van der Waals surface area (Å²) in [4.78, 5) is 12.1. The number of esters is 1. The maximum absolute atomic E-state index is 12.1. The second kappa shape index (κ2) is 7.67. The quantitative estimate of drug-likeness (QED) is 0.607. The van der Waals surface area contributed by atoms with Crippen molar-refractivity contribution in [1.82, 2.24) is 0 Å². The van der Waals surface area contributed by atoms with E-state index in [0.717, 1.165) is 12.8 Å². The van der Waals surface area contributed by atoms with Crippen LogP contribution in [-0.2, 0) is 4.74 Å². The summed E-state index contributed by atoms with van der Waals surface area (Å²) in [5.74, 6) is 0.447. The van der Waals surface area contributed by atoms with Crippen molar-refractivity contribution in [3.05, 3.63) is 23.8 Å². The van der Waals surface area contributed by atoms with Crippen molar-refractivity contribution in [2.75, 3.05) is 18.9 Å². The molecule has 0 spiro atoms. The Balaban J connectivity index is 2.79. The van der Waals surface area contributed by atoms with E-state index in [-0.39, 0.29) is 5.97 Å². The molecule has 2 N–H and O–H groups in total. The lowest BCUT2D eigenvalue weighted by molar-refractivity contribution is 0.0429. The van der Waals surface area contributed by atoms with Gasteiger partial charge in [-0.15, -0.1) is 0 Å². The van der Waals surface area contributed by atoms with Crippen LogP contribution in [-0.4, -0.2) is 19.2 Å². The highest BCUT2D eigenvalue weighted by molar-refractivity contribution is 5.94. The lowest BCUT2D eigenvalue weighted by Gasteiger charge is -2.15. The fraction of sp³-hybridized carbons (Fsp3) is 0.533. The maximum atomic E-state index is 12.1. The Morgan fingerprint density at radius 1 is 1.26 bits per heavy atom. The van der Waals surface area contributed by atoms with Crippen LogP contribution in [0.3, 0.4) is 0 Å². The molecule has 0 radical (unpaired) electrons. The average Bonchev–Trinajstić information content (AvgIpc) is 2.42. The minimum Gasteiger partial charge on any atom is -0.491 e. The van der Waals surface area contributed by atoms with Crippen molar-refractivity contribution in [2.24, 2.45) is 5.92 Å². The monoisotopic (exact) mass is 265 g/mol. The zero-order chi connectivity index (χ0) is 14.3. The van der Waals surface area contributed by atoms with Gasteiger partial charge in [-0.3, -0.25) is 0 Å². The van der Waals surface area contributed by atoms with Gasteiger partial charge in [0.25, 0.3) is 0 Å². The topological polar surface area (TPSA) is 61.5 Å². The van der Waals surface area contributed by atoms with E-state index in [2.05, 4.69) is 13.8 Å². The minimum atomic E-state index is -0.373. The molecule has 1 aromatic carbocycles. The van der Waals surface area contributed by atoms with E-state index in [1.807, 2.05) is 6.92 Å². The molecular formula is C15H23NO3. The molecule has 0 aliphatic heterocycles. The molecule has 0 bridgehead atoms. The number of carbonyl (C=O) groups excluding carboxylic acids is 1. The third-order valence-electron chi connectivity index (χ3n) is 3.16. The van der Waals surface area contributed by atoms with E-state index in [1.54, 1.807) is 18.2 Å². The van der Waals surface area contributed by atoms with Gasteiger partial charge in [-0.25, -0.2) is 4.79 Å². The van der Waals surface area contributed by atoms with E-state index in [9.17, 15) is 4.79 Å². The second-order valence-electron chi connectivity index (χ2n) is 4.44. The Labute approximate surface area is 114 Å². The maximum Gasteiger partial charge on any atom is 0.342 e. The van der Waals surface area contributed by atoms with Gasteiger partial charge >= 0.3 is 5.97 Å². The Hall–Kier alpha value is -1.71. The van der Waals surface area contributed by atoms with Crippen LogP contribution in [0.15, 0.2) is 18.2 Å². The molecule has 1 aromatic rings. The van der Waals surface area contributed by atoms with Crippen molar-refractivity contribution < 1.29 is 14.3 Å². The first-order valence-corrected chi connectivity index (χ1v) is 6.82. The summed E-state index contributed by atoms with van der Waals surface area (Å²) >= 11 is 0. The standard InChI is InChI=1S/C15H23NO3/c1-4-11(5-2)10-19-15(17)12-8-7-9-13(16)14(12)18-6-3/h7-9,11H,4-6,10,16H2,1-3H3. The lowest BCUT2D eigenvalue weighted by Crippen LogP contribution is -2.15. The number of ether oxygens (including phenoxy) is 2. The molecule has 0 fully saturated rings. The van der Waals surface area contributed by atoms with E-state index in [4.69, 9.17) is 15.2 Å². The van der Waals surface area contributed by atoms with E-state index in [1.165, 1.54) is 0 Å². The van der Waals surface area contributed by atoms with Crippen molar-refractivity contribution in [1.29, 1.82) is 0 Å². The molecule has 4 nitrogen and oxygen atoms in total. The zero-order valence-electron chi connectivity index (χ0n) is 11.9. The van der Waals surface area contributed by atoms with Crippen LogP contribution in [0.25, 0.3) is 0 Å². The Kier molecular flexibility index (Phi) is 6.19. The van der Waals surface area contributed by atoms with Crippen molar-refractivity contribution in [2.45, 2.75) is 33.6 Å². The van der Waals surface area contributed by atoms with Crippen molar-refractivity contribution in [3.8, 4) is 5.75 Å². The molecule has 0 amide bonds. The summed E-state index contributed by atoms with van der Waals surface area (Å²) in [6, 6.07) is 5.12. The molecular weight excluding hydrogens is 242 g/mol. The summed E-state index contributed by atoms with van der Waals surface area (Å²) in [7, 11) is 0. The molecule has 1 rings (SSSR count). The van der Waals surface area contributed by atoms with Crippen LogP contribution >= 0.6 is 0 Å². The summed E-state index contributed by atoms with van der Waals surface area (Å²) in [6.45, 7) is 6.93. The number of para-hydroxylation sites is 1. The van der Waals surface area contributed by atoms with Gasteiger partial charge in [-0.2, -0.15) is 0 Å². The SMILES string of the molecule is CCOc1c(N)cccc1C(=O)OCC(CC)CC. The fourth-order valence-electron chi connectivity index (χ4n) is 1.82. The average molecular weight is 265 g/mol. The number of carbonyl (C=O) groups is 1. The second-order valence-corrected chi connectivity index (χ2v) is 4.44.